The molecule has 0 aliphatic rings. The van der Waals surface area contributed by atoms with E-state index in [1.807, 2.05) is 25.6 Å². The summed E-state index contributed by atoms with van der Waals surface area (Å²) < 4.78 is 1.90. The summed E-state index contributed by atoms with van der Waals surface area (Å²) in [4.78, 5) is 13.3. The highest BCUT2D eigenvalue weighted by Gasteiger charge is 2.19. The van der Waals surface area contributed by atoms with E-state index in [9.17, 15) is 4.79 Å². The van der Waals surface area contributed by atoms with E-state index in [1.165, 1.54) is 11.8 Å². The number of carbonyl (C=O) groups excluding carboxylic acids is 1. The zero-order chi connectivity index (χ0) is 13.0. The van der Waals surface area contributed by atoms with Crippen molar-refractivity contribution in [3.8, 4) is 0 Å². The quantitative estimate of drug-likeness (QED) is 0.758. The molecule has 0 saturated heterocycles. The van der Waals surface area contributed by atoms with Crippen LogP contribution in [0, 0.1) is 0 Å². The molecule has 1 amide bonds. The first kappa shape index (κ1) is 14.0. The molecular formula is C10H19N5OS. The lowest BCUT2D eigenvalue weighted by molar-refractivity contribution is -0.127. The van der Waals surface area contributed by atoms with Gasteiger partial charge in [-0.25, -0.2) is 0 Å². The number of hydrogen-bond acceptors (Lipinski definition) is 5. The Balaban J connectivity index is 2.72. The summed E-state index contributed by atoms with van der Waals surface area (Å²) in [6.07, 6.45) is 0. The Morgan fingerprint density at radius 3 is 2.71 bits per heavy atom. The van der Waals surface area contributed by atoms with Crippen molar-refractivity contribution in [2.45, 2.75) is 23.9 Å². The van der Waals surface area contributed by atoms with Crippen LogP contribution in [0.4, 0.5) is 0 Å². The highest BCUT2D eigenvalue weighted by Crippen LogP contribution is 2.22. The molecule has 1 rings (SSSR count). The molecule has 1 aromatic rings. The summed E-state index contributed by atoms with van der Waals surface area (Å²) in [6.45, 7) is 2.54. The molecule has 0 radical (unpaired) electrons. The Morgan fingerprint density at radius 2 is 2.18 bits per heavy atom. The fourth-order valence-corrected chi connectivity index (χ4v) is 2.31. The van der Waals surface area contributed by atoms with E-state index in [0.717, 1.165) is 11.0 Å². The lowest BCUT2D eigenvalue weighted by Gasteiger charge is -2.15. The maximum atomic E-state index is 11.7. The Hall–Kier alpha value is -1.08. The van der Waals surface area contributed by atoms with Crippen LogP contribution in [0.15, 0.2) is 5.16 Å². The van der Waals surface area contributed by atoms with Crippen molar-refractivity contribution in [2.24, 2.45) is 7.05 Å². The fraction of sp³-hybridized carbons (Fsp3) is 0.700. The average Bonchev–Trinajstić information content (AvgIpc) is 2.61. The van der Waals surface area contributed by atoms with E-state index < -0.39 is 0 Å². The Bertz CT molecular complexity index is 390. The summed E-state index contributed by atoms with van der Waals surface area (Å²) in [5.74, 6) is 0.938. The minimum absolute atomic E-state index is 0.0770. The van der Waals surface area contributed by atoms with Gasteiger partial charge in [0.15, 0.2) is 5.16 Å². The van der Waals surface area contributed by atoms with Crippen molar-refractivity contribution in [1.29, 1.82) is 0 Å². The van der Waals surface area contributed by atoms with E-state index >= 15 is 0 Å². The van der Waals surface area contributed by atoms with Crippen LogP contribution in [0.1, 0.15) is 12.7 Å². The second-order valence-electron chi connectivity index (χ2n) is 3.98. The predicted molar refractivity (Wildman–Crippen MR) is 67.8 cm³/mol. The van der Waals surface area contributed by atoms with Gasteiger partial charge in [-0.1, -0.05) is 11.8 Å². The van der Waals surface area contributed by atoms with Gasteiger partial charge in [0.2, 0.25) is 5.91 Å². The molecule has 1 aromatic heterocycles. The van der Waals surface area contributed by atoms with Gasteiger partial charge in [0.1, 0.15) is 5.82 Å². The zero-order valence-corrected chi connectivity index (χ0v) is 11.7. The molecule has 7 heteroatoms. The minimum atomic E-state index is -0.157. The highest BCUT2D eigenvalue weighted by atomic mass is 32.2. The Labute approximate surface area is 106 Å². The van der Waals surface area contributed by atoms with Gasteiger partial charge >= 0.3 is 0 Å². The number of nitrogens with one attached hydrogen (secondary N) is 1. The van der Waals surface area contributed by atoms with Gasteiger partial charge in [0.05, 0.1) is 11.8 Å². The topological polar surface area (TPSA) is 63.1 Å². The SMILES string of the molecule is CNCc1nnc(S[C@@H](C)C(=O)N(C)C)n1C. The van der Waals surface area contributed by atoms with Gasteiger partial charge < -0.3 is 14.8 Å². The van der Waals surface area contributed by atoms with Crippen LogP contribution in [-0.4, -0.2) is 52.0 Å². The largest absolute Gasteiger partial charge is 0.348 e. The van der Waals surface area contributed by atoms with Gasteiger partial charge in [-0.15, -0.1) is 10.2 Å². The first-order chi connectivity index (χ1) is 7.97. The van der Waals surface area contributed by atoms with E-state index in [1.54, 1.807) is 19.0 Å². The molecule has 1 heterocycles. The van der Waals surface area contributed by atoms with Crippen LogP contribution in [0.25, 0.3) is 0 Å². The highest BCUT2D eigenvalue weighted by molar-refractivity contribution is 8.00. The summed E-state index contributed by atoms with van der Waals surface area (Å²) in [5, 5.41) is 11.8. The van der Waals surface area contributed by atoms with E-state index in [-0.39, 0.29) is 11.2 Å². The van der Waals surface area contributed by atoms with Crippen LogP contribution >= 0.6 is 11.8 Å². The maximum Gasteiger partial charge on any atom is 0.235 e. The van der Waals surface area contributed by atoms with Crippen molar-refractivity contribution >= 4 is 17.7 Å². The van der Waals surface area contributed by atoms with Crippen LogP contribution in [-0.2, 0) is 18.4 Å². The van der Waals surface area contributed by atoms with E-state index in [0.29, 0.717) is 6.54 Å². The van der Waals surface area contributed by atoms with Crippen molar-refractivity contribution in [2.75, 3.05) is 21.1 Å². The number of thioether (sulfide) groups is 1. The average molecular weight is 257 g/mol. The third-order valence-corrected chi connectivity index (χ3v) is 3.45. The summed E-state index contributed by atoms with van der Waals surface area (Å²) in [7, 11) is 7.27. The van der Waals surface area contributed by atoms with Crippen LogP contribution in [0.5, 0.6) is 0 Å². The summed E-state index contributed by atoms with van der Waals surface area (Å²) >= 11 is 1.42. The summed E-state index contributed by atoms with van der Waals surface area (Å²) in [5.41, 5.74) is 0. The van der Waals surface area contributed by atoms with E-state index in [2.05, 4.69) is 15.5 Å². The second-order valence-corrected chi connectivity index (χ2v) is 5.29. The third kappa shape index (κ3) is 3.44. The summed E-state index contributed by atoms with van der Waals surface area (Å²) in [6, 6.07) is 0. The number of hydrogen-bond donors (Lipinski definition) is 1. The van der Waals surface area contributed by atoms with Crippen molar-refractivity contribution in [1.82, 2.24) is 25.0 Å². The van der Waals surface area contributed by atoms with E-state index in [4.69, 9.17) is 0 Å². The molecule has 0 unspecified atom stereocenters. The van der Waals surface area contributed by atoms with Crippen molar-refractivity contribution in [3.05, 3.63) is 5.82 Å². The molecule has 0 aliphatic heterocycles. The number of aromatic nitrogens is 3. The van der Waals surface area contributed by atoms with Crippen molar-refractivity contribution in [3.63, 3.8) is 0 Å². The molecule has 0 spiro atoms. The van der Waals surface area contributed by atoms with Crippen LogP contribution in [0.3, 0.4) is 0 Å². The first-order valence-corrected chi connectivity index (χ1v) is 6.26. The van der Waals surface area contributed by atoms with Crippen LogP contribution < -0.4 is 5.32 Å². The predicted octanol–water partition coefficient (Wildman–Crippen LogP) is 0.103. The number of nitrogens with zero attached hydrogens (tertiary/aromatic N) is 4. The monoisotopic (exact) mass is 257 g/mol. The third-order valence-electron chi connectivity index (χ3n) is 2.33. The Morgan fingerprint density at radius 1 is 1.53 bits per heavy atom. The molecule has 1 N–H and O–H groups in total. The Kier molecular flexibility index (Phi) is 4.95. The van der Waals surface area contributed by atoms with Gasteiger partial charge in [-0.3, -0.25) is 4.79 Å². The fourth-order valence-electron chi connectivity index (χ4n) is 1.33. The van der Waals surface area contributed by atoms with Gasteiger partial charge in [-0.05, 0) is 14.0 Å². The number of carbonyl (C=O) groups is 1. The molecule has 0 aliphatic carbocycles. The lowest BCUT2D eigenvalue weighted by atomic mass is 10.4. The van der Waals surface area contributed by atoms with Gasteiger partial charge in [0, 0.05) is 21.1 Å². The molecule has 0 saturated carbocycles. The van der Waals surface area contributed by atoms with Gasteiger partial charge in [-0.2, -0.15) is 0 Å². The zero-order valence-electron chi connectivity index (χ0n) is 10.9. The van der Waals surface area contributed by atoms with Crippen LogP contribution in [0.2, 0.25) is 0 Å². The molecule has 0 bridgehead atoms. The number of rotatable bonds is 5. The first-order valence-electron chi connectivity index (χ1n) is 5.38. The molecule has 0 fully saturated rings. The standard InChI is InChI=1S/C10H19N5OS/c1-7(9(16)14(3)4)17-10-13-12-8(6-11-2)15(10)5/h7,11H,6H2,1-5H3/t7-/m0/s1. The molecule has 96 valence electrons. The molecule has 6 nitrogen and oxygen atoms in total. The minimum Gasteiger partial charge on any atom is -0.348 e. The molecule has 1 atom stereocenters. The number of amides is 1. The molecular weight excluding hydrogens is 238 g/mol. The van der Waals surface area contributed by atoms with Gasteiger partial charge in [0.25, 0.3) is 0 Å². The smallest absolute Gasteiger partial charge is 0.235 e. The molecule has 0 aromatic carbocycles. The molecule has 17 heavy (non-hydrogen) atoms. The van der Waals surface area contributed by atoms with Crippen molar-refractivity contribution < 1.29 is 4.79 Å². The second kappa shape index (κ2) is 6.02. The normalized spacial score (nSPS) is 12.5. The lowest BCUT2D eigenvalue weighted by Crippen LogP contribution is -2.29. The maximum absolute atomic E-state index is 11.7.